The number of hydrazone groups is 1. The highest BCUT2D eigenvalue weighted by Crippen LogP contribution is 2.37. The normalized spacial score (nSPS) is 15.2. The summed E-state index contributed by atoms with van der Waals surface area (Å²) >= 11 is 12.4. The molecule has 9 heteroatoms. The third-order valence-corrected chi connectivity index (χ3v) is 6.36. The SMILES string of the molecule is CC1=NN(c2ccccc2)C(=O)/C1=C\c1cc(Cl)cc(Cl)c1OS(=O)(=O)c1ccccc1. The van der Waals surface area contributed by atoms with Crippen molar-refractivity contribution in [2.75, 3.05) is 5.01 Å². The Labute approximate surface area is 195 Å². The number of anilines is 1. The number of benzene rings is 3. The van der Waals surface area contributed by atoms with Gasteiger partial charge in [-0.3, -0.25) is 4.79 Å². The van der Waals surface area contributed by atoms with E-state index in [0.717, 1.165) is 0 Å². The van der Waals surface area contributed by atoms with Crippen LogP contribution in [0.1, 0.15) is 12.5 Å². The van der Waals surface area contributed by atoms with E-state index in [4.69, 9.17) is 27.4 Å². The summed E-state index contributed by atoms with van der Waals surface area (Å²) in [6, 6.07) is 19.5. The van der Waals surface area contributed by atoms with Crippen molar-refractivity contribution in [3.8, 4) is 5.75 Å². The lowest BCUT2D eigenvalue weighted by atomic mass is 10.1. The largest absolute Gasteiger partial charge is 0.377 e. The molecule has 6 nitrogen and oxygen atoms in total. The highest BCUT2D eigenvalue weighted by Gasteiger charge is 2.29. The molecular formula is C23H16Cl2N2O4S. The molecule has 1 aliphatic rings. The Morgan fingerprint density at radius 1 is 0.969 bits per heavy atom. The van der Waals surface area contributed by atoms with Gasteiger partial charge in [-0.05, 0) is 49.4 Å². The number of hydrogen-bond donors (Lipinski definition) is 0. The van der Waals surface area contributed by atoms with Crippen molar-refractivity contribution in [3.63, 3.8) is 0 Å². The summed E-state index contributed by atoms with van der Waals surface area (Å²) in [5, 5.41) is 5.84. The molecule has 0 spiro atoms. The molecule has 0 radical (unpaired) electrons. The molecule has 0 N–H and O–H groups in total. The average Bonchev–Trinajstić information content (AvgIpc) is 3.05. The van der Waals surface area contributed by atoms with Gasteiger partial charge >= 0.3 is 10.1 Å². The molecule has 1 amide bonds. The summed E-state index contributed by atoms with van der Waals surface area (Å²) in [4.78, 5) is 13.0. The molecule has 0 bridgehead atoms. The second-order valence-electron chi connectivity index (χ2n) is 6.85. The highest BCUT2D eigenvalue weighted by molar-refractivity contribution is 7.87. The van der Waals surface area contributed by atoms with Crippen molar-refractivity contribution in [1.29, 1.82) is 0 Å². The molecule has 0 fully saturated rings. The Morgan fingerprint density at radius 2 is 1.59 bits per heavy atom. The van der Waals surface area contributed by atoms with Crippen molar-refractivity contribution >= 4 is 56.7 Å². The van der Waals surface area contributed by atoms with Gasteiger partial charge in [-0.25, -0.2) is 0 Å². The van der Waals surface area contributed by atoms with Gasteiger partial charge in [-0.2, -0.15) is 18.5 Å². The summed E-state index contributed by atoms with van der Waals surface area (Å²) in [6.45, 7) is 1.68. The van der Waals surface area contributed by atoms with Crippen LogP contribution in [0, 0.1) is 0 Å². The molecule has 0 aliphatic carbocycles. The van der Waals surface area contributed by atoms with Crippen molar-refractivity contribution in [1.82, 2.24) is 0 Å². The minimum Gasteiger partial charge on any atom is -0.377 e. The number of rotatable bonds is 5. The van der Waals surface area contributed by atoms with Gasteiger partial charge in [0.1, 0.15) is 4.90 Å². The van der Waals surface area contributed by atoms with Crippen molar-refractivity contribution in [2.24, 2.45) is 5.10 Å². The van der Waals surface area contributed by atoms with Crippen LogP contribution < -0.4 is 9.19 Å². The summed E-state index contributed by atoms with van der Waals surface area (Å²) in [5.74, 6) is -0.507. The number of amides is 1. The van der Waals surface area contributed by atoms with E-state index in [1.165, 1.54) is 35.4 Å². The maximum Gasteiger partial charge on any atom is 0.339 e. The number of nitrogens with zero attached hydrogens (tertiary/aromatic N) is 2. The maximum atomic E-state index is 13.0. The molecule has 162 valence electrons. The van der Waals surface area contributed by atoms with Gasteiger partial charge in [0.2, 0.25) is 0 Å². The van der Waals surface area contributed by atoms with E-state index in [2.05, 4.69) is 5.10 Å². The molecule has 4 rings (SSSR count). The fourth-order valence-electron chi connectivity index (χ4n) is 3.10. The van der Waals surface area contributed by atoms with Gasteiger partial charge in [0.15, 0.2) is 5.75 Å². The monoisotopic (exact) mass is 486 g/mol. The van der Waals surface area contributed by atoms with Crippen LogP contribution in [0.2, 0.25) is 10.0 Å². The van der Waals surface area contributed by atoms with Gasteiger partial charge in [0.05, 0.1) is 22.0 Å². The summed E-state index contributed by atoms with van der Waals surface area (Å²) in [5.41, 5.74) is 1.54. The minimum absolute atomic E-state index is 0.0104. The first-order valence-electron chi connectivity index (χ1n) is 9.41. The van der Waals surface area contributed by atoms with Crippen LogP contribution in [0.25, 0.3) is 6.08 Å². The summed E-state index contributed by atoms with van der Waals surface area (Å²) in [7, 11) is -4.17. The first kappa shape index (κ1) is 22.1. The lowest BCUT2D eigenvalue weighted by molar-refractivity contribution is -0.114. The number of halogens is 2. The molecule has 3 aromatic carbocycles. The van der Waals surface area contributed by atoms with Gasteiger partial charge in [-0.1, -0.05) is 59.6 Å². The Hall–Kier alpha value is -3.13. The second-order valence-corrected chi connectivity index (χ2v) is 9.24. The molecule has 0 saturated heterocycles. The molecule has 0 aromatic heterocycles. The van der Waals surface area contributed by atoms with Crippen LogP contribution in [0.15, 0.2) is 88.4 Å². The van der Waals surface area contributed by atoms with Crippen LogP contribution >= 0.6 is 23.2 Å². The van der Waals surface area contributed by atoms with Crippen LogP contribution in [0.3, 0.4) is 0 Å². The number of hydrogen-bond acceptors (Lipinski definition) is 5. The predicted octanol–water partition coefficient (Wildman–Crippen LogP) is 5.57. The number of carbonyl (C=O) groups excluding carboxylic acids is 1. The van der Waals surface area contributed by atoms with Crippen LogP contribution in [0.5, 0.6) is 5.75 Å². The van der Waals surface area contributed by atoms with Gasteiger partial charge in [-0.15, -0.1) is 0 Å². The maximum absolute atomic E-state index is 13.0. The van der Waals surface area contributed by atoms with Crippen LogP contribution in [0.4, 0.5) is 5.69 Å². The standard InChI is InChI=1S/C23H16Cl2N2O4S/c1-15-20(23(28)27(26-15)18-8-4-2-5-9-18)13-16-12-17(24)14-21(25)22(16)31-32(29,30)19-10-6-3-7-11-19/h2-14H,1H3/b20-13-. The topological polar surface area (TPSA) is 76.0 Å². The average molecular weight is 487 g/mol. The van der Waals surface area contributed by atoms with E-state index in [-0.39, 0.29) is 37.7 Å². The van der Waals surface area contributed by atoms with E-state index in [1.807, 2.05) is 6.07 Å². The molecule has 32 heavy (non-hydrogen) atoms. The fourth-order valence-corrected chi connectivity index (χ4v) is 4.69. The molecule has 1 heterocycles. The fraction of sp³-hybridized carbons (Fsp3) is 0.0435. The molecule has 3 aromatic rings. The molecule has 0 atom stereocenters. The molecular weight excluding hydrogens is 471 g/mol. The zero-order chi connectivity index (χ0) is 22.9. The van der Waals surface area contributed by atoms with Crippen molar-refractivity contribution in [2.45, 2.75) is 11.8 Å². The quantitative estimate of drug-likeness (QED) is 0.349. The first-order valence-corrected chi connectivity index (χ1v) is 11.6. The Kier molecular flexibility index (Phi) is 6.06. The van der Waals surface area contributed by atoms with Gasteiger partial charge in [0.25, 0.3) is 5.91 Å². The zero-order valence-corrected chi connectivity index (χ0v) is 19.0. The van der Waals surface area contributed by atoms with Crippen molar-refractivity contribution in [3.05, 3.63) is 94.0 Å². The Bertz CT molecular complexity index is 1360. The highest BCUT2D eigenvalue weighted by atomic mass is 35.5. The Morgan fingerprint density at radius 3 is 2.25 bits per heavy atom. The van der Waals surface area contributed by atoms with E-state index < -0.39 is 10.1 Å². The third-order valence-electron chi connectivity index (χ3n) is 4.63. The van der Waals surface area contributed by atoms with Crippen LogP contribution in [-0.4, -0.2) is 20.0 Å². The molecule has 1 aliphatic heterocycles. The smallest absolute Gasteiger partial charge is 0.339 e. The van der Waals surface area contributed by atoms with Gasteiger partial charge < -0.3 is 4.18 Å². The van der Waals surface area contributed by atoms with E-state index in [1.54, 1.807) is 49.4 Å². The van der Waals surface area contributed by atoms with Crippen molar-refractivity contribution < 1.29 is 17.4 Å². The first-order chi connectivity index (χ1) is 15.3. The van der Waals surface area contributed by atoms with E-state index >= 15 is 0 Å². The number of carbonyl (C=O) groups is 1. The molecule has 0 unspecified atom stereocenters. The minimum atomic E-state index is -4.17. The zero-order valence-electron chi connectivity index (χ0n) is 16.7. The lowest BCUT2D eigenvalue weighted by Crippen LogP contribution is -2.21. The number of para-hydroxylation sites is 1. The van der Waals surface area contributed by atoms with Gasteiger partial charge in [0, 0.05) is 10.6 Å². The van der Waals surface area contributed by atoms with Crippen LogP contribution in [-0.2, 0) is 14.9 Å². The summed E-state index contributed by atoms with van der Waals surface area (Å²) < 4.78 is 30.9. The van der Waals surface area contributed by atoms with E-state index in [9.17, 15) is 13.2 Å². The van der Waals surface area contributed by atoms with E-state index in [0.29, 0.717) is 11.4 Å². The summed E-state index contributed by atoms with van der Waals surface area (Å²) in [6.07, 6.45) is 1.47. The molecule has 0 saturated carbocycles. The predicted molar refractivity (Wildman–Crippen MR) is 126 cm³/mol. The Balaban J connectivity index is 1.76. The lowest BCUT2D eigenvalue weighted by Gasteiger charge is -2.13. The third kappa shape index (κ3) is 4.41. The second kappa shape index (κ2) is 8.78.